The maximum atomic E-state index is 6.22. The number of nitrogens with two attached hydrogens (primary N) is 1. The second-order valence-corrected chi connectivity index (χ2v) is 7.34. The van der Waals surface area contributed by atoms with Crippen molar-refractivity contribution in [3.05, 3.63) is 28.8 Å². The number of benzene rings is 1. The molecule has 21 heavy (non-hydrogen) atoms. The van der Waals surface area contributed by atoms with Crippen molar-refractivity contribution >= 4 is 17.3 Å². The van der Waals surface area contributed by atoms with Gasteiger partial charge in [0.1, 0.15) is 0 Å². The number of anilines is 1. The minimum absolute atomic E-state index is 0.175. The highest BCUT2D eigenvalue weighted by Gasteiger charge is 2.34. The van der Waals surface area contributed by atoms with Crippen LogP contribution in [0.25, 0.3) is 0 Å². The van der Waals surface area contributed by atoms with Gasteiger partial charge in [-0.25, -0.2) is 0 Å². The van der Waals surface area contributed by atoms with E-state index in [1.807, 2.05) is 6.07 Å². The van der Waals surface area contributed by atoms with Crippen molar-refractivity contribution in [2.24, 2.45) is 11.7 Å². The molecule has 0 bridgehead atoms. The van der Waals surface area contributed by atoms with Crippen molar-refractivity contribution < 1.29 is 0 Å². The Balaban J connectivity index is 1.90. The maximum absolute atomic E-state index is 6.22. The summed E-state index contributed by atoms with van der Waals surface area (Å²) in [5.41, 5.74) is 8.75. The van der Waals surface area contributed by atoms with E-state index in [0.717, 1.165) is 23.4 Å². The third kappa shape index (κ3) is 3.37. The van der Waals surface area contributed by atoms with Crippen LogP contribution in [0.1, 0.15) is 51.0 Å². The number of rotatable bonds is 3. The topological polar surface area (TPSA) is 29.3 Å². The number of halogens is 1. The molecule has 1 unspecified atom stereocenters. The summed E-state index contributed by atoms with van der Waals surface area (Å²) in [5.74, 6) is 0.895. The van der Waals surface area contributed by atoms with Gasteiger partial charge >= 0.3 is 0 Å². The molecule has 2 fully saturated rings. The Hall–Kier alpha value is -0.730. The van der Waals surface area contributed by atoms with Crippen molar-refractivity contribution in [2.75, 3.05) is 11.4 Å². The zero-order valence-electron chi connectivity index (χ0n) is 13.0. The fraction of sp³-hybridized carbons (Fsp3) is 0.667. The first kappa shape index (κ1) is 15.2. The SMILES string of the molecule is CC(N)Cc1cc(Cl)ccc1N1CCC[C@H]2CCCC[C@H]21. The van der Waals surface area contributed by atoms with E-state index in [0.29, 0.717) is 0 Å². The molecule has 3 heteroatoms. The molecule has 1 saturated carbocycles. The third-order valence-corrected chi connectivity index (χ3v) is 5.37. The summed E-state index contributed by atoms with van der Waals surface area (Å²) in [7, 11) is 0. The second kappa shape index (κ2) is 6.58. The molecule has 0 radical (unpaired) electrons. The predicted molar refractivity (Wildman–Crippen MR) is 91.1 cm³/mol. The molecule has 2 aliphatic rings. The van der Waals surface area contributed by atoms with Crippen LogP contribution in [0.3, 0.4) is 0 Å². The van der Waals surface area contributed by atoms with Crippen LogP contribution < -0.4 is 10.6 Å². The minimum atomic E-state index is 0.175. The van der Waals surface area contributed by atoms with Crippen molar-refractivity contribution in [1.82, 2.24) is 0 Å². The molecule has 1 heterocycles. The van der Waals surface area contributed by atoms with Gasteiger partial charge in [0.05, 0.1) is 0 Å². The molecular weight excluding hydrogens is 280 g/mol. The first-order valence-electron chi connectivity index (χ1n) is 8.46. The van der Waals surface area contributed by atoms with E-state index >= 15 is 0 Å². The standard InChI is InChI=1S/C18H27ClN2/c1-13(20)11-15-12-16(19)8-9-18(15)21-10-4-6-14-5-2-3-7-17(14)21/h8-9,12-14,17H,2-7,10-11,20H2,1H3/t13?,14-,17-/m1/s1. The molecule has 0 aromatic heterocycles. The second-order valence-electron chi connectivity index (χ2n) is 6.90. The van der Waals surface area contributed by atoms with Gasteiger partial charge in [-0.15, -0.1) is 0 Å². The highest BCUT2D eigenvalue weighted by atomic mass is 35.5. The van der Waals surface area contributed by atoms with Gasteiger partial charge < -0.3 is 10.6 Å². The molecule has 1 saturated heterocycles. The summed E-state index contributed by atoms with van der Waals surface area (Å²) in [5, 5.41) is 0.826. The normalized spacial score (nSPS) is 27.3. The molecule has 3 atom stereocenters. The Morgan fingerprint density at radius 2 is 2.00 bits per heavy atom. The van der Waals surface area contributed by atoms with Gasteiger partial charge in [0.2, 0.25) is 0 Å². The largest absolute Gasteiger partial charge is 0.368 e. The average Bonchev–Trinajstić information content (AvgIpc) is 2.46. The van der Waals surface area contributed by atoms with Crippen molar-refractivity contribution in [3.8, 4) is 0 Å². The molecule has 1 aliphatic carbocycles. The Morgan fingerprint density at radius 1 is 1.24 bits per heavy atom. The summed E-state index contributed by atoms with van der Waals surface area (Å²) in [6.07, 6.45) is 9.21. The molecule has 0 spiro atoms. The van der Waals surface area contributed by atoms with Gasteiger partial charge in [0.25, 0.3) is 0 Å². The first-order chi connectivity index (χ1) is 10.1. The lowest BCUT2D eigenvalue weighted by Crippen LogP contribution is -2.47. The van der Waals surface area contributed by atoms with Gasteiger partial charge in [-0.3, -0.25) is 0 Å². The van der Waals surface area contributed by atoms with Crippen molar-refractivity contribution in [2.45, 2.75) is 64.0 Å². The van der Waals surface area contributed by atoms with Crippen LogP contribution in [0.2, 0.25) is 5.02 Å². The highest BCUT2D eigenvalue weighted by Crippen LogP contribution is 2.39. The molecule has 2 N–H and O–H groups in total. The average molecular weight is 307 g/mol. The summed E-state index contributed by atoms with van der Waals surface area (Å²) >= 11 is 6.22. The van der Waals surface area contributed by atoms with Crippen LogP contribution in [0.15, 0.2) is 18.2 Å². The van der Waals surface area contributed by atoms with Crippen molar-refractivity contribution in [1.29, 1.82) is 0 Å². The van der Waals surface area contributed by atoms with Crippen LogP contribution in [-0.4, -0.2) is 18.6 Å². The lowest BCUT2D eigenvalue weighted by Gasteiger charge is -2.46. The van der Waals surface area contributed by atoms with Crippen LogP contribution in [0, 0.1) is 5.92 Å². The van der Waals surface area contributed by atoms with Gasteiger partial charge in [0.15, 0.2) is 0 Å². The van der Waals surface area contributed by atoms with E-state index in [1.54, 1.807) is 0 Å². The smallest absolute Gasteiger partial charge is 0.0410 e. The van der Waals surface area contributed by atoms with Crippen molar-refractivity contribution in [3.63, 3.8) is 0 Å². The molecule has 1 aromatic carbocycles. The molecule has 1 aliphatic heterocycles. The van der Waals surface area contributed by atoms with Gasteiger partial charge in [-0.1, -0.05) is 24.4 Å². The van der Waals surface area contributed by atoms with Gasteiger partial charge in [0, 0.05) is 29.3 Å². The summed E-state index contributed by atoms with van der Waals surface area (Å²) in [6.45, 7) is 3.26. The fourth-order valence-corrected chi connectivity index (χ4v) is 4.46. The van der Waals surface area contributed by atoms with E-state index in [9.17, 15) is 0 Å². The van der Waals surface area contributed by atoms with Gasteiger partial charge in [-0.05, 0) is 68.7 Å². The number of piperidine rings is 1. The predicted octanol–water partition coefficient (Wildman–Crippen LogP) is 4.39. The molecule has 0 amide bonds. The van der Waals surface area contributed by atoms with E-state index in [-0.39, 0.29) is 6.04 Å². The van der Waals surface area contributed by atoms with Crippen LogP contribution >= 0.6 is 11.6 Å². The van der Waals surface area contributed by atoms with Gasteiger partial charge in [-0.2, -0.15) is 0 Å². The third-order valence-electron chi connectivity index (χ3n) is 5.14. The maximum Gasteiger partial charge on any atom is 0.0410 e. The highest BCUT2D eigenvalue weighted by molar-refractivity contribution is 6.30. The van der Waals surface area contributed by atoms with E-state index in [4.69, 9.17) is 17.3 Å². The van der Waals surface area contributed by atoms with E-state index in [1.165, 1.54) is 56.3 Å². The Morgan fingerprint density at radius 3 is 2.81 bits per heavy atom. The van der Waals surface area contributed by atoms with Crippen LogP contribution in [0.4, 0.5) is 5.69 Å². The lowest BCUT2D eigenvalue weighted by molar-refractivity contribution is 0.243. The summed E-state index contributed by atoms with van der Waals surface area (Å²) in [6, 6.07) is 7.28. The zero-order valence-corrected chi connectivity index (χ0v) is 13.8. The number of fused-ring (bicyclic) bond motifs is 1. The Labute approximate surface area is 133 Å². The molecule has 2 nitrogen and oxygen atoms in total. The fourth-order valence-electron chi connectivity index (χ4n) is 4.27. The molecule has 1 aromatic rings. The first-order valence-corrected chi connectivity index (χ1v) is 8.83. The number of hydrogen-bond acceptors (Lipinski definition) is 2. The number of hydrogen-bond donors (Lipinski definition) is 1. The van der Waals surface area contributed by atoms with Crippen LogP contribution in [-0.2, 0) is 6.42 Å². The molecule has 3 rings (SSSR count). The zero-order chi connectivity index (χ0) is 14.8. The van der Waals surface area contributed by atoms with E-state index < -0.39 is 0 Å². The summed E-state index contributed by atoms with van der Waals surface area (Å²) in [4.78, 5) is 2.67. The number of nitrogens with zero attached hydrogens (tertiary/aromatic N) is 1. The lowest BCUT2D eigenvalue weighted by atomic mass is 9.78. The Bertz CT molecular complexity index is 484. The minimum Gasteiger partial charge on any atom is -0.368 e. The van der Waals surface area contributed by atoms with E-state index in [2.05, 4.69) is 24.0 Å². The quantitative estimate of drug-likeness (QED) is 0.897. The Kier molecular flexibility index (Phi) is 4.75. The monoisotopic (exact) mass is 306 g/mol. The summed E-state index contributed by atoms with van der Waals surface area (Å²) < 4.78 is 0. The molecular formula is C18H27ClN2. The van der Waals surface area contributed by atoms with Crippen LogP contribution in [0.5, 0.6) is 0 Å². The molecule has 116 valence electrons.